The summed E-state index contributed by atoms with van der Waals surface area (Å²) in [5.74, 6) is -0.188. The minimum absolute atomic E-state index is 0.0815. The SMILES string of the molecule is CCCCCCCCCCCCCC/C=C/[C@@H](O)[C@H](COP(=O)(O)OCCN)NC(=O)CCCCCCCCCCCCCCCCCCCCCCCCCCC. The molecule has 0 aliphatic rings. The molecule has 0 rings (SSSR count). The molecule has 9 heteroatoms. The molecule has 0 saturated carbocycles. The van der Waals surface area contributed by atoms with E-state index in [4.69, 9.17) is 14.8 Å². The van der Waals surface area contributed by atoms with Crippen molar-refractivity contribution in [3.05, 3.63) is 12.2 Å². The first-order valence-electron chi connectivity index (χ1n) is 25.3. The van der Waals surface area contributed by atoms with Crippen LogP contribution in [-0.2, 0) is 18.4 Å². The van der Waals surface area contributed by atoms with E-state index < -0.39 is 20.0 Å². The quantitative estimate of drug-likeness (QED) is 0.0272. The topological polar surface area (TPSA) is 131 Å². The number of amides is 1. The number of carbonyl (C=O) groups excluding carboxylic acids is 1. The molecule has 0 radical (unpaired) electrons. The highest BCUT2D eigenvalue weighted by atomic mass is 31.2. The second-order valence-electron chi connectivity index (χ2n) is 17.4. The van der Waals surface area contributed by atoms with Gasteiger partial charge < -0.3 is 21.1 Å². The Balaban J connectivity index is 3.98. The zero-order valence-corrected chi connectivity index (χ0v) is 39.5. The maximum Gasteiger partial charge on any atom is 0.472 e. The van der Waals surface area contributed by atoms with E-state index >= 15 is 0 Å². The molecule has 0 bridgehead atoms. The molecule has 5 N–H and O–H groups in total. The number of hydrogen-bond acceptors (Lipinski definition) is 6. The van der Waals surface area contributed by atoms with Gasteiger partial charge in [-0.15, -0.1) is 0 Å². The van der Waals surface area contributed by atoms with Gasteiger partial charge in [-0.25, -0.2) is 4.57 Å². The fraction of sp³-hybridized carbons (Fsp3) is 0.939. The number of phosphoric ester groups is 1. The number of allylic oxidation sites excluding steroid dienone is 1. The third-order valence-corrected chi connectivity index (χ3v) is 12.6. The van der Waals surface area contributed by atoms with E-state index in [1.165, 1.54) is 205 Å². The summed E-state index contributed by atoms with van der Waals surface area (Å²) < 4.78 is 22.2. The average molecular weight is 843 g/mol. The Morgan fingerprint density at radius 2 is 0.879 bits per heavy atom. The van der Waals surface area contributed by atoms with Gasteiger partial charge in [-0.1, -0.05) is 251 Å². The molecule has 0 heterocycles. The lowest BCUT2D eigenvalue weighted by molar-refractivity contribution is -0.123. The van der Waals surface area contributed by atoms with Crippen molar-refractivity contribution in [3.63, 3.8) is 0 Å². The molecule has 0 aromatic heterocycles. The molecular weight excluding hydrogens is 744 g/mol. The molecular formula is C49H99N2O6P. The van der Waals surface area contributed by atoms with E-state index in [-0.39, 0.29) is 25.7 Å². The molecule has 346 valence electrons. The van der Waals surface area contributed by atoms with Crippen LogP contribution in [0, 0.1) is 0 Å². The first-order valence-corrected chi connectivity index (χ1v) is 26.8. The van der Waals surface area contributed by atoms with Crippen molar-refractivity contribution < 1.29 is 28.4 Å². The van der Waals surface area contributed by atoms with Crippen LogP contribution in [0.4, 0.5) is 0 Å². The average Bonchev–Trinajstić information content (AvgIpc) is 3.21. The number of unbranched alkanes of at least 4 members (excludes halogenated alkanes) is 36. The largest absolute Gasteiger partial charge is 0.472 e. The first kappa shape index (κ1) is 57.2. The Labute approximate surface area is 360 Å². The van der Waals surface area contributed by atoms with E-state index in [0.29, 0.717) is 6.42 Å². The number of nitrogens with two attached hydrogens (primary N) is 1. The van der Waals surface area contributed by atoms with Gasteiger partial charge in [-0.3, -0.25) is 13.8 Å². The van der Waals surface area contributed by atoms with Gasteiger partial charge in [-0.05, 0) is 19.3 Å². The molecule has 0 spiro atoms. The molecule has 0 aromatic carbocycles. The van der Waals surface area contributed by atoms with E-state index in [0.717, 1.165) is 38.5 Å². The number of hydrogen-bond donors (Lipinski definition) is 4. The summed E-state index contributed by atoms with van der Waals surface area (Å²) in [6, 6.07) is -0.855. The zero-order valence-electron chi connectivity index (χ0n) is 38.6. The molecule has 8 nitrogen and oxygen atoms in total. The van der Waals surface area contributed by atoms with Crippen LogP contribution in [0.1, 0.15) is 264 Å². The van der Waals surface area contributed by atoms with E-state index in [1.807, 2.05) is 6.08 Å². The van der Waals surface area contributed by atoms with Gasteiger partial charge >= 0.3 is 7.82 Å². The number of aliphatic hydroxyl groups is 1. The van der Waals surface area contributed by atoms with E-state index in [2.05, 4.69) is 19.2 Å². The normalized spacial score (nSPS) is 13.9. The summed E-state index contributed by atoms with van der Waals surface area (Å²) in [6.07, 6.45) is 52.8. The maximum absolute atomic E-state index is 12.8. The zero-order chi connectivity index (χ0) is 42.5. The van der Waals surface area contributed by atoms with Gasteiger partial charge in [0.05, 0.1) is 25.4 Å². The first-order chi connectivity index (χ1) is 28.4. The predicted molar refractivity (Wildman–Crippen MR) is 249 cm³/mol. The van der Waals surface area contributed by atoms with Crippen molar-refractivity contribution >= 4 is 13.7 Å². The van der Waals surface area contributed by atoms with Crippen LogP contribution in [0.2, 0.25) is 0 Å². The summed E-state index contributed by atoms with van der Waals surface area (Å²) >= 11 is 0. The number of rotatable bonds is 48. The predicted octanol–water partition coefficient (Wildman–Crippen LogP) is 14.7. The highest BCUT2D eigenvalue weighted by molar-refractivity contribution is 7.47. The lowest BCUT2D eigenvalue weighted by atomic mass is 10.0. The van der Waals surface area contributed by atoms with Gasteiger partial charge in [0.15, 0.2) is 0 Å². The lowest BCUT2D eigenvalue weighted by Crippen LogP contribution is -2.45. The van der Waals surface area contributed by atoms with Crippen LogP contribution >= 0.6 is 7.82 Å². The summed E-state index contributed by atoms with van der Waals surface area (Å²) in [6.45, 7) is 4.17. The maximum atomic E-state index is 12.8. The molecule has 1 amide bonds. The Morgan fingerprint density at radius 1 is 0.552 bits per heavy atom. The second-order valence-corrected chi connectivity index (χ2v) is 18.8. The molecule has 58 heavy (non-hydrogen) atoms. The molecule has 1 unspecified atom stereocenters. The van der Waals surface area contributed by atoms with Crippen molar-refractivity contribution in [2.75, 3.05) is 19.8 Å². The lowest BCUT2D eigenvalue weighted by Gasteiger charge is -2.23. The van der Waals surface area contributed by atoms with Crippen molar-refractivity contribution in [1.82, 2.24) is 5.32 Å². The van der Waals surface area contributed by atoms with Crippen LogP contribution in [0.15, 0.2) is 12.2 Å². The smallest absolute Gasteiger partial charge is 0.387 e. The van der Waals surface area contributed by atoms with Gasteiger partial charge in [0.1, 0.15) is 0 Å². The Hall–Kier alpha value is -0.760. The second kappa shape index (κ2) is 45.8. The van der Waals surface area contributed by atoms with Crippen LogP contribution in [0.25, 0.3) is 0 Å². The van der Waals surface area contributed by atoms with Crippen molar-refractivity contribution in [3.8, 4) is 0 Å². The molecule has 0 fully saturated rings. The standard InChI is InChI=1S/C49H99N2O6P/c1-3-5-7-9-11-13-15-17-19-20-21-22-23-24-25-26-27-28-29-31-33-35-37-39-41-43-49(53)51-47(46-57-58(54,55)56-45-44-50)48(52)42-40-38-36-34-32-30-18-16-14-12-10-8-6-4-2/h40,42,47-48,52H,3-39,41,43-46,50H2,1-2H3,(H,51,53)(H,54,55)/b42-40+/t47-,48+/m0/s1. The van der Waals surface area contributed by atoms with Gasteiger partial charge in [0.2, 0.25) is 5.91 Å². The van der Waals surface area contributed by atoms with Crippen molar-refractivity contribution in [2.24, 2.45) is 5.73 Å². The Kier molecular flexibility index (Phi) is 45.2. The molecule has 0 aliphatic carbocycles. The van der Waals surface area contributed by atoms with Crippen LogP contribution in [0.3, 0.4) is 0 Å². The summed E-state index contributed by atoms with van der Waals surface area (Å²) in [4.78, 5) is 22.8. The summed E-state index contributed by atoms with van der Waals surface area (Å²) in [7, 11) is -4.34. The van der Waals surface area contributed by atoms with E-state index in [9.17, 15) is 19.4 Å². The molecule has 0 aromatic rings. The van der Waals surface area contributed by atoms with Crippen LogP contribution < -0.4 is 11.1 Å². The monoisotopic (exact) mass is 843 g/mol. The summed E-state index contributed by atoms with van der Waals surface area (Å²) in [5, 5.41) is 13.7. The fourth-order valence-corrected chi connectivity index (χ4v) is 8.54. The fourth-order valence-electron chi connectivity index (χ4n) is 7.78. The minimum Gasteiger partial charge on any atom is -0.387 e. The number of carbonyl (C=O) groups is 1. The van der Waals surface area contributed by atoms with Gasteiger partial charge in [0.25, 0.3) is 0 Å². The number of phosphoric acid groups is 1. The highest BCUT2D eigenvalue weighted by Crippen LogP contribution is 2.43. The van der Waals surface area contributed by atoms with E-state index in [1.54, 1.807) is 6.08 Å². The van der Waals surface area contributed by atoms with Gasteiger partial charge in [-0.2, -0.15) is 0 Å². The van der Waals surface area contributed by atoms with Crippen molar-refractivity contribution in [2.45, 2.75) is 276 Å². The Bertz CT molecular complexity index is 922. The van der Waals surface area contributed by atoms with Crippen LogP contribution in [0.5, 0.6) is 0 Å². The third kappa shape index (κ3) is 43.3. The van der Waals surface area contributed by atoms with Crippen molar-refractivity contribution in [1.29, 1.82) is 0 Å². The molecule has 0 aliphatic heterocycles. The van der Waals surface area contributed by atoms with Crippen LogP contribution in [-0.4, -0.2) is 47.8 Å². The number of aliphatic hydroxyl groups excluding tert-OH is 1. The summed E-state index contributed by atoms with van der Waals surface area (Å²) in [5.41, 5.74) is 5.39. The molecule has 0 saturated heterocycles. The minimum atomic E-state index is -4.34. The third-order valence-electron chi connectivity index (χ3n) is 11.6. The molecule has 3 atom stereocenters. The van der Waals surface area contributed by atoms with Gasteiger partial charge in [0, 0.05) is 13.0 Å². The Morgan fingerprint density at radius 3 is 1.22 bits per heavy atom. The highest BCUT2D eigenvalue weighted by Gasteiger charge is 2.26. The number of nitrogens with one attached hydrogen (secondary N) is 1.